The first-order chi connectivity index (χ1) is 13.1. The van der Waals surface area contributed by atoms with E-state index in [1.165, 1.54) is 0 Å². The molecule has 1 aliphatic heterocycles. The molecule has 2 N–H and O–H groups in total. The van der Waals surface area contributed by atoms with E-state index in [9.17, 15) is 9.59 Å². The van der Waals surface area contributed by atoms with E-state index < -0.39 is 6.04 Å². The van der Waals surface area contributed by atoms with Gasteiger partial charge in [0.15, 0.2) is 0 Å². The Kier molecular flexibility index (Phi) is 4.81. The van der Waals surface area contributed by atoms with E-state index in [-0.39, 0.29) is 11.8 Å². The molecule has 4 rings (SSSR count). The van der Waals surface area contributed by atoms with Gasteiger partial charge in [-0.3, -0.25) is 14.7 Å². The number of benzene rings is 2. The van der Waals surface area contributed by atoms with Gasteiger partial charge < -0.3 is 10.2 Å². The van der Waals surface area contributed by atoms with E-state index in [0.29, 0.717) is 30.1 Å². The Morgan fingerprint density at radius 1 is 1.22 bits per heavy atom. The van der Waals surface area contributed by atoms with Gasteiger partial charge in [-0.2, -0.15) is 5.10 Å². The molecule has 2 amide bonds. The molecule has 138 valence electrons. The molecule has 0 aliphatic carbocycles. The Balaban J connectivity index is 1.45. The number of aromatic amines is 1. The van der Waals surface area contributed by atoms with E-state index in [1.807, 2.05) is 18.2 Å². The largest absolute Gasteiger partial charge is 0.350 e. The lowest BCUT2D eigenvalue weighted by atomic mass is 10.1. The molecule has 1 unspecified atom stereocenters. The number of fused-ring (bicyclic) bond motifs is 1. The van der Waals surface area contributed by atoms with E-state index in [2.05, 4.69) is 15.5 Å². The van der Waals surface area contributed by atoms with E-state index >= 15 is 0 Å². The highest BCUT2D eigenvalue weighted by Crippen LogP contribution is 2.22. The molecule has 0 saturated carbocycles. The number of carbonyl (C=O) groups is 2. The molecule has 7 heteroatoms. The zero-order valence-electron chi connectivity index (χ0n) is 14.6. The molecule has 2 heterocycles. The molecule has 27 heavy (non-hydrogen) atoms. The standard InChI is InChI=1S/C20H19ClN4O2/c21-16-7-3-13(4-8-16)11-22-19(26)18-2-1-9-25(18)20(27)14-5-6-15-12-23-24-17(15)10-14/h3-8,10,12,18H,1-2,9,11H2,(H,22,26)(H,23,24). The highest BCUT2D eigenvalue weighted by molar-refractivity contribution is 6.30. The Hall–Kier alpha value is -2.86. The number of aromatic nitrogens is 2. The average Bonchev–Trinajstić information content (AvgIpc) is 3.35. The third-order valence-electron chi connectivity index (χ3n) is 4.89. The van der Waals surface area contributed by atoms with Crippen LogP contribution in [0.4, 0.5) is 0 Å². The van der Waals surface area contributed by atoms with Crippen LogP contribution in [0.3, 0.4) is 0 Å². The lowest BCUT2D eigenvalue weighted by Crippen LogP contribution is -2.45. The Morgan fingerprint density at radius 3 is 2.85 bits per heavy atom. The lowest BCUT2D eigenvalue weighted by Gasteiger charge is -2.24. The van der Waals surface area contributed by atoms with Gasteiger partial charge in [-0.25, -0.2) is 0 Å². The fourth-order valence-electron chi connectivity index (χ4n) is 3.43. The van der Waals surface area contributed by atoms with Crippen LogP contribution in [0.1, 0.15) is 28.8 Å². The minimum absolute atomic E-state index is 0.126. The van der Waals surface area contributed by atoms with Crippen LogP contribution < -0.4 is 5.32 Å². The molecule has 0 bridgehead atoms. The SMILES string of the molecule is O=C(NCc1ccc(Cl)cc1)C1CCCN1C(=O)c1ccc2cn[nH]c2c1. The second kappa shape index (κ2) is 7.40. The number of rotatable bonds is 4. The maximum Gasteiger partial charge on any atom is 0.254 e. The highest BCUT2D eigenvalue weighted by Gasteiger charge is 2.34. The predicted octanol–water partition coefficient (Wildman–Crippen LogP) is 3.14. The molecule has 1 aliphatic rings. The number of nitrogens with one attached hydrogen (secondary N) is 2. The zero-order valence-corrected chi connectivity index (χ0v) is 15.4. The number of carbonyl (C=O) groups excluding carboxylic acids is 2. The van der Waals surface area contributed by atoms with Crippen molar-refractivity contribution in [2.75, 3.05) is 6.54 Å². The van der Waals surface area contributed by atoms with Gasteiger partial charge in [0.25, 0.3) is 5.91 Å². The van der Waals surface area contributed by atoms with Crippen molar-refractivity contribution in [1.29, 1.82) is 0 Å². The molecule has 0 radical (unpaired) electrons. The van der Waals surface area contributed by atoms with Crippen molar-refractivity contribution < 1.29 is 9.59 Å². The van der Waals surface area contributed by atoms with Crippen molar-refractivity contribution in [3.8, 4) is 0 Å². The van der Waals surface area contributed by atoms with Crippen LogP contribution in [-0.4, -0.2) is 39.5 Å². The molecule has 2 aromatic carbocycles. The first kappa shape index (κ1) is 17.5. The second-order valence-corrected chi connectivity index (χ2v) is 7.11. The summed E-state index contributed by atoms with van der Waals surface area (Å²) in [5, 5.41) is 11.4. The molecule has 1 atom stereocenters. The lowest BCUT2D eigenvalue weighted by molar-refractivity contribution is -0.125. The first-order valence-corrected chi connectivity index (χ1v) is 9.26. The van der Waals surface area contributed by atoms with Crippen LogP contribution in [-0.2, 0) is 11.3 Å². The van der Waals surface area contributed by atoms with Crippen molar-refractivity contribution in [1.82, 2.24) is 20.4 Å². The van der Waals surface area contributed by atoms with Crippen molar-refractivity contribution in [2.24, 2.45) is 0 Å². The van der Waals surface area contributed by atoms with Crippen molar-refractivity contribution in [3.63, 3.8) is 0 Å². The fourth-order valence-corrected chi connectivity index (χ4v) is 3.55. The van der Waals surface area contributed by atoms with Crippen LogP contribution in [0.5, 0.6) is 0 Å². The van der Waals surface area contributed by atoms with E-state index in [1.54, 1.807) is 35.4 Å². The molecule has 1 aromatic heterocycles. The first-order valence-electron chi connectivity index (χ1n) is 8.88. The summed E-state index contributed by atoms with van der Waals surface area (Å²) in [6.07, 6.45) is 3.20. The Morgan fingerprint density at radius 2 is 2.04 bits per heavy atom. The van der Waals surface area contributed by atoms with Gasteiger partial charge in [0, 0.05) is 29.1 Å². The number of halogens is 1. The smallest absolute Gasteiger partial charge is 0.254 e. The van der Waals surface area contributed by atoms with Crippen LogP contribution in [0.15, 0.2) is 48.7 Å². The number of H-pyrrole nitrogens is 1. The number of nitrogens with zero attached hydrogens (tertiary/aromatic N) is 2. The number of likely N-dealkylation sites (tertiary alicyclic amines) is 1. The summed E-state index contributed by atoms with van der Waals surface area (Å²) in [4.78, 5) is 27.3. The van der Waals surface area contributed by atoms with Crippen LogP contribution in [0, 0.1) is 0 Å². The van der Waals surface area contributed by atoms with Gasteiger partial charge in [0.1, 0.15) is 6.04 Å². The quantitative estimate of drug-likeness (QED) is 0.727. The third-order valence-corrected chi connectivity index (χ3v) is 5.14. The fraction of sp³-hybridized carbons (Fsp3) is 0.250. The maximum absolute atomic E-state index is 12.9. The Labute approximate surface area is 161 Å². The molecule has 3 aromatic rings. The topological polar surface area (TPSA) is 78.1 Å². The number of amides is 2. The Bertz CT molecular complexity index is 983. The van der Waals surface area contributed by atoms with E-state index in [4.69, 9.17) is 11.6 Å². The van der Waals surface area contributed by atoms with Crippen LogP contribution >= 0.6 is 11.6 Å². The van der Waals surface area contributed by atoms with Crippen molar-refractivity contribution in [2.45, 2.75) is 25.4 Å². The molecular formula is C20H19ClN4O2. The van der Waals surface area contributed by atoms with Gasteiger partial charge in [0.2, 0.25) is 5.91 Å². The van der Waals surface area contributed by atoms with Crippen molar-refractivity contribution >= 4 is 34.3 Å². The monoisotopic (exact) mass is 382 g/mol. The van der Waals surface area contributed by atoms with Crippen molar-refractivity contribution in [3.05, 3.63) is 64.8 Å². The summed E-state index contributed by atoms with van der Waals surface area (Å²) >= 11 is 5.88. The second-order valence-electron chi connectivity index (χ2n) is 6.67. The van der Waals surface area contributed by atoms with E-state index in [0.717, 1.165) is 22.9 Å². The van der Waals surface area contributed by atoms with Gasteiger partial charge in [0.05, 0.1) is 11.7 Å². The van der Waals surface area contributed by atoms with Gasteiger partial charge in [-0.05, 0) is 42.7 Å². The maximum atomic E-state index is 12.9. The summed E-state index contributed by atoms with van der Waals surface area (Å²) in [5.41, 5.74) is 2.33. The summed E-state index contributed by atoms with van der Waals surface area (Å²) < 4.78 is 0. The summed E-state index contributed by atoms with van der Waals surface area (Å²) in [7, 11) is 0. The molecule has 6 nitrogen and oxygen atoms in total. The summed E-state index contributed by atoms with van der Waals surface area (Å²) in [5.74, 6) is -0.255. The van der Waals surface area contributed by atoms with Gasteiger partial charge in [-0.1, -0.05) is 29.8 Å². The third kappa shape index (κ3) is 3.66. The minimum Gasteiger partial charge on any atom is -0.350 e. The number of hydrogen-bond acceptors (Lipinski definition) is 3. The highest BCUT2D eigenvalue weighted by atomic mass is 35.5. The summed E-state index contributed by atoms with van der Waals surface area (Å²) in [6.45, 7) is 0.994. The van der Waals surface area contributed by atoms with Gasteiger partial charge >= 0.3 is 0 Å². The van der Waals surface area contributed by atoms with Crippen LogP contribution in [0.2, 0.25) is 5.02 Å². The number of hydrogen-bond donors (Lipinski definition) is 2. The molecule has 1 fully saturated rings. The van der Waals surface area contributed by atoms with Crippen LogP contribution in [0.25, 0.3) is 10.9 Å². The molecule has 0 spiro atoms. The molecular weight excluding hydrogens is 364 g/mol. The normalized spacial score (nSPS) is 16.6. The average molecular weight is 383 g/mol. The predicted molar refractivity (Wildman–Crippen MR) is 103 cm³/mol. The zero-order chi connectivity index (χ0) is 18.8. The van der Waals surface area contributed by atoms with Gasteiger partial charge in [-0.15, -0.1) is 0 Å². The minimum atomic E-state index is -0.442. The molecule has 1 saturated heterocycles. The summed E-state index contributed by atoms with van der Waals surface area (Å²) in [6, 6.07) is 12.3.